The molecule has 0 saturated heterocycles. The van der Waals surface area contributed by atoms with E-state index in [0.717, 1.165) is 5.57 Å². The number of nitrogens with zero attached hydrogens (tertiary/aromatic N) is 2. The number of hydrogen-bond acceptors (Lipinski definition) is 2. The first-order valence-corrected chi connectivity index (χ1v) is 5.75. The zero-order valence-corrected chi connectivity index (χ0v) is 11.5. The van der Waals surface area contributed by atoms with Crippen molar-refractivity contribution in [2.45, 2.75) is 34.6 Å². The van der Waals surface area contributed by atoms with Crippen molar-refractivity contribution in [3.05, 3.63) is 48.1 Å². The highest BCUT2D eigenvalue weighted by Crippen LogP contribution is 2.03. The van der Waals surface area contributed by atoms with Gasteiger partial charge < -0.3 is 0 Å². The Morgan fingerprint density at radius 3 is 1.82 bits per heavy atom. The van der Waals surface area contributed by atoms with Crippen molar-refractivity contribution in [2.75, 3.05) is 0 Å². The molecule has 0 rings (SSSR count). The fourth-order valence-electron chi connectivity index (χ4n) is 0.663. The molecule has 2 nitrogen and oxygen atoms in total. The lowest BCUT2D eigenvalue weighted by Crippen LogP contribution is -1.75. The van der Waals surface area contributed by atoms with E-state index in [-0.39, 0.29) is 5.57 Å². The second-order valence-corrected chi connectivity index (χ2v) is 2.17. The minimum absolute atomic E-state index is 0.0989. The van der Waals surface area contributed by atoms with E-state index in [4.69, 9.17) is 10.5 Å². The molecule has 0 aromatic rings. The van der Waals surface area contributed by atoms with Crippen LogP contribution in [0, 0.1) is 22.7 Å². The van der Waals surface area contributed by atoms with Crippen molar-refractivity contribution in [3.63, 3.8) is 0 Å². The maximum Gasteiger partial charge on any atom is 0.130 e. The second-order valence-electron chi connectivity index (χ2n) is 2.17. The van der Waals surface area contributed by atoms with Gasteiger partial charge in [0, 0.05) is 0 Å². The normalized spacial score (nSPS) is 8.53. The molecule has 0 aromatic heterocycles. The summed E-state index contributed by atoms with van der Waals surface area (Å²) in [6.45, 7) is 13.4. The molecule has 0 spiro atoms. The van der Waals surface area contributed by atoms with Crippen LogP contribution in [0.4, 0.5) is 0 Å². The maximum absolute atomic E-state index is 8.48. The van der Waals surface area contributed by atoms with Gasteiger partial charge in [0.2, 0.25) is 0 Å². The summed E-state index contributed by atoms with van der Waals surface area (Å²) < 4.78 is 0. The van der Waals surface area contributed by atoms with Crippen molar-refractivity contribution in [2.24, 2.45) is 0 Å². The third-order valence-corrected chi connectivity index (χ3v) is 1.31. The van der Waals surface area contributed by atoms with Gasteiger partial charge in [0.05, 0.1) is 0 Å². The lowest BCUT2D eigenvalue weighted by Gasteiger charge is -1.89. The third-order valence-electron chi connectivity index (χ3n) is 1.31. The maximum atomic E-state index is 8.48. The predicted molar refractivity (Wildman–Crippen MR) is 75.1 cm³/mol. The Bertz CT molecular complexity index is 328. The largest absolute Gasteiger partial charge is 0.192 e. The highest BCUT2D eigenvalue weighted by atomic mass is 14.3. The van der Waals surface area contributed by atoms with Crippen LogP contribution in [0.1, 0.15) is 34.6 Å². The molecule has 0 aliphatic carbocycles. The predicted octanol–water partition coefficient (Wildman–Crippen LogP) is 4.70. The number of allylic oxidation sites excluding steroid dienone is 7. The van der Waals surface area contributed by atoms with E-state index < -0.39 is 0 Å². The van der Waals surface area contributed by atoms with Crippen molar-refractivity contribution >= 4 is 0 Å². The van der Waals surface area contributed by atoms with Crippen molar-refractivity contribution in [1.29, 1.82) is 10.5 Å². The number of hydrogen-bond donors (Lipinski definition) is 0. The van der Waals surface area contributed by atoms with Gasteiger partial charge in [-0.3, -0.25) is 0 Å². The van der Waals surface area contributed by atoms with Gasteiger partial charge in [-0.2, -0.15) is 10.5 Å². The van der Waals surface area contributed by atoms with E-state index in [2.05, 4.69) is 6.58 Å². The Kier molecular flexibility index (Phi) is 23.4. The van der Waals surface area contributed by atoms with Crippen molar-refractivity contribution in [3.8, 4) is 12.1 Å². The molecular weight excluding hydrogens is 208 g/mol. The van der Waals surface area contributed by atoms with E-state index in [9.17, 15) is 0 Å². The van der Waals surface area contributed by atoms with Gasteiger partial charge in [-0.05, 0) is 18.6 Å². The first-order chi connectivity index (χ1) is 8.28. The average molecular weight is 230 g/mol. The Balaban J connectivity index is -0.000000439. The molecule has 0 atom stereocenters. The van der Waals surface area contributed by atoms with E-state index in [0.29, 0.717) is 0 Å². The fraction of sp³-hybridized carbons (Fsp3) is 0.333. The standard InChI is InChI=1S/C11H10N2.2C2H6/c1-3-5-6-10(4-2)7-11(8-12)9-13;2*1-2/h3-7H,1H2,2H3;2*1-2H3/b6-5-,10-4+;;. The molecule has 0 heterocycles. The van der Waals surface area contributed by atoms with Crippen LogP contribution >= 0.6 is 0 Å². The van der Waals surface area contributed by atoms with Crippen LogP contribution in [0.5, 0.6) is 0 Å². The van der Waals surface area contributed by atoms with Crippen LogP contribution in [0.25, 0.3) is 0 Å². The summed E-state index contributed by atoms with van der Waals surface area (Å²) >= 11 is 0. The minimum atomic E-state index is 0.0989. The molecule has 92 valence electrons. The molecule has 0 N–H and O–H groups in total. The van der Waals surface area contributed by atoms with Crippen LogP contribution < -0.4 is 0 Å². The van der Waals surface area contributed by atoms with Gasteiger partial charge in [-0.25, -0.2) is 0 Å². The molecule has 0 bridgehead atoms. The van der Waals surface area contributed by atoms with Crippen molar-refractivity contribution in [1.82, 2.24) is 0 Å². The molecule has 0 unspecified atom stereocenters. The Labute approximate surface area is 106 Å². The summed E-state index contributed by atoms with van der Waals surface area (Å²) in [4.78, 5) is 0. The fourth-order valence-corrected chi connectivity index (χ4v) is 0.663. The molecule has 0 radical (unpaired) electrons. The topological polar surface area (TPSA) is 47.6 Å². The molecule has 0 saturated carbocycles. The Morgan fingerprint density at radius 2 is 1.53 bits per heavy atom. The van der Waals surface area contributed by atoms with E-state index in [1.54, 1.807) is 30.4 Å². The Morgan fingerprint density at radius 1 is 1.06 bits per heavy atom. The summed E-state index contributed by atoms with van der Waals surface area (Å²) in [7, 11) is 0. The third kappa shape index (κ3) is 13.9. The van der Waals surface area contributed by atoms with Gasteiger partial charge >= 0.3 is 0 Å². The highest BCUT2D eigenvalue weighted by Gasteiger charge is 1.91. The van der Waals surface area contributed by atoms with Crippen LogP contribution in [0.15, 0.2) is 48.1 Å². The average Bonchev–Trinajstić information content (AvgIpc) is 2.44. The van der Waals surface area contributed by atoms with E-state index in [1.165, 1.54) is 6.08 Å². The van der Waals surface area contributed by atoms with Gasteiger partial charge in [0.15, 0.2) is 0 Å². The smallest absolute Gasteiger partial charge is 0.130 e. The SMILES string of the molecule is C=C/C=C\C(C=C(C#N)C#N)=C/C.CC.CC. The quantitative estimate of drug-likeness (QED) is 0.521. The highest BCUT2D eigenvalue weighted by molar-refractivity contribution is 5.45. The molecule has 2 heteroatoms. The van der Waals surface area contributed by atoms with Crippen LogP contribution in [-0.2, 0) is 0 Å². The summed E-state index contributed by atoms with van der Waals surface area (Å²) in [6.07, 6.45) is 8.50. The number of nitriles is 2. The van der Waals surface area contributed by atoms with Gasteiger partial charge in [0.1, 0.15) is 17.7 Å². The van der Waals surface area contributed by atoms with E-state index in [1.807, 2.05) is 40.7 Å². The zero-order valence-electron chi connectivity index (χ0n) is 11.5. The van der Waals surface area contributed by atoms with Gasteiger partial charge in [-0.15, -0.1) is 0 Å². The van der Waals surface area contributed by atoms with Crippen LogP contribution in [0.3, 0.4) is 0 Å². The lowest BCUT2D eigenvalue weighted by atomic mass is 10.1. The van der Waals surface area contributed by atoms with E-state index >= 15 is 0 Å². The lowest BCUT2D eigenvalue weighted by molar-refractivity contribution is 1.45. The number of rotatable bonds is 3. The molecule has 0 aliphatic heterocycles. The van der Waals surface area contributed by atoms with Crippen LogP contribution in [0.2, 0.25) is 0 Å². The van der Waals surface area contributed by atoms with Gasteiger partial charge in [0.25, 0.3) is 0 Å². The van der Waals surface area contributed by atoms with Crippen molar-refractivity contribution < 1.29 is 0 Å². The molecule has 0 aromatic carbocycles. The first-order valence-electron chi connectivity index (χ1n) is 5.75. The molecule has 0 fully saturated rings. The zero-order chi connectivity index (χ0) is 14.1. The molecular formula is C15H22N2. The Hall–Kier alpha value is -2.06. The monoisotopic (exact) mass is 230 g/mol. The molecule has 0 amide bonds. The molecule has 0 aliphatic rings. The first kappa shape index (κ1) is 20.4. The van der Waals surface area contributed by atoms with Crippen LogP contribution in [-0.4, -0.2) is 0 Å². The minimum Gasteiger partial charge on any atom is -0.192 e. The summed E-state index contributed by atoms with van der Waals surface area (Å²) in [5.74, 6) is 0. The summed E-state index contributed by atoms with van der Waals surface area (Å²) in [5.41, 5.74) is 0.916. The van der Waals surface area contributed by atoms with Gasteiger partial charge in [-0.1, -0.05) is 58.6 Å². The summed E-state index contributed by atoms with van der Waals surface area (Å²) in [6, 6.07) is 3.58. The molecule has 17 heavy (non-hydrogen) atoms. The summed E-state index contributed by atoms with van der Waals surface area (Å²) in [5, 5.41) is 17.0. The second kappa shape index (κ2) is 19.5.